The highest BCUT2D eigenvalue weighted by atomic mass is 15.3. The molecule has 96 valence electrons. The Kier molecular flexibility index (Phi) is 4.15. The van der Waals surface area contributed by atoms with Crippen LogP contribution >= 0.6 is 0 Å². The molecule has 18 heavy (non-hydrogen) atoms. The highest BCUT2D eigenvalue weighted by Gasteiger charge is 2.13. The summed E-state index contributed by atoms with van der Waals surface area (Å²) < 4.78 is 2.00. The Labute approximate surface area is 109 Å². The third-order valence-corrected chi connectivity index (χ3v) is 3.54. The van der Waals surface area contributed by atoms with Crippen molar-refractivity contribution in [3.8, 4) is 0 Å². The number of nitrogens with zero attached hydrogens (tertiary/aromatic N) is 2. The molecular formula is C15H21N3. The first-order valence-electron chi connectivity index (χ1n) is 6.45. The molecule has 2 rings (SSSR count). The molecule has 0 saturated carbocycles. The molecular weight excluding hydrogens is 222 g/mol. The van der Waals surface area contributed by atoms with Crippen molar-refractivity contribution in [2.24, 2.45) is 0 Å². The lowest BCUT2D eigenvalue weighted by atomic mass is 10.1. The number of rotatable bonds is 5. The van der Waals surface area contributed by atoms with Gasteiger partial charge in [0.2, 0.25) is 0 Å². The second-order valence-electron chi connectivity index (χ2n) is 4.82. The van der Waals surface area contributed by atoms with Gasteiger partial charge < -0.3 is 5.32 Å². The van der Waals surface area contributed by atoms with Crippen LogP contribution in [0.5, 0.6) is 0 Å². The van der Waals surface area contributed by atoms with Crippen molar-refractivity contribution in [1.29, 1.82) is 0 Å². The summed E-state index contributed by atoms with van der Waals surface area (Å²) in [5, 5.41) is 7.85. The van der Waals surface area contributed by atoms with E-state index in [0.29, 0.717) is 12.1 Å². The van der Waals surface area contributed by atoms with E-state index in [-0.39, 0.29) is 0 Å². The van der Waals surface area contributed by atoms with E-state index in [4.69, 9.17) is 0 Å². The number of benzene rings is 1. The lowest BCUT2D eigenvalue weighted by molar-refractivity contribution is 0.365. The van der Waals surface area contributed by atoms with E-state index >= 15 is 0 Å². The SMILES string of the molecule is Cc1ccccc1CN[C@H](C)[C@H](C)n1cccn1. The van der Waals surface area contributed by atoms with Gasteiger partial charge in [-0.1, -0.05) is 24.3 Å². The standard InChI is InChI=1S/C15H21N3/c1-12-7-4-5-8-15(12)11-16-13(2)14(3)18-10-6-9-17-18/h4-10,13-14,16H,11H2,1-3H3/t13-,14+/m1/s1. The van der Waals surface area contributed by atoms with Gasteiger partial charge in [-0.05, 0) is 38.0 Å². The van der Waals surface area contributed by atoms with Crippen LogP contribution < -0.4 is 5.32 Å². The molecule has 2 aromatic rings. The van der Waals surface area contributed by atoms with Gasteiger partial charge >= 0.3 is 0 Å². The number of hydrogen-bond acceptors (Lipinski definition) is 2. The first kappa shape index (κ1) is 12.8. The molecule has 1 N–H and O–H groups in total. The maximum Gasteiger partial charge on any atom is 0.0641 e. The molecule has 0 aliphatic heterocycles. The molecule has 0 fully saturated rings. The van der Waals surface area contributed by atoms with E-state index in [1.807, 2.05) is 23.1 Å². The fourth-order valence-corrected chi connectivity index (χ4v) is 2.00. The van der Waals surface area contributed by atoms with Gasteiger partial charge in [-0.3, -0.25) is 4.68 Å². The first-order valence-corrected chi connectivity index (χ1v) is 6.45. The third kappa shape index (κ3) is 2.99. The molecule has 2 atom stereocenters. The predicted octanol–water partition coefficient (Wildman–Crippen LogP) is 2.93. The fraction of sp³-hybridized carbons (Fsp3) is 0.400. The van der Waals surface area contributed by atoms with E-state index in [9.17, 15) is 0 Å². The van der Waals surface area contributed by atoms with E-state index in [0.717, 1.165) is 6.54 Å². The molecule has 3 heteroatoms. The van der Waals surface area contributed by atoms with Crippen LogP contribution in [-0.4, -0.2) is 15.8 Å². The van der Waals surface area contributed by atoms with Crippen molar-refractivity contribution in [2.75, 3.05) is 0 Å². The van der Waals surface area contributed by atoms with Gasteiger partial charge in [-0.15, -0.1) is 0 Å². The maximum atomic E-state index is 4.29. The quantitative estimate of drug-likeness (QED) is 0.875. The molecule has 1 aromatic heterocycles. The smallest absolute Gasteiger partial charge is 0.0641 e. The molecule has 0 amide bonds. The Morgan fingerprint density at radius 3 is 2.67 bits per heavy atom. The molecule has 0 aliphatic carbocycles. The molecule has 0 unspecified atom stereocenters. The third-order valence-electron chi connectivity index (χ3n) is 3.54. The number of aromatic nitrogens is 2. The fourth-order valence-electron chi connectivity index (χ4n) is 2.00. The van der Waals surface area contributed by atoms with Gasteiger partial charge in [0.25, 0.3) is 0 Å². The van der Waals surface area contributed by atoms with Crippen LogP contribution in [0.3, 0.4) is 0 Å². The van der Waals surface area contributed by atoms with Crippen molar-refractivity contribution in [1.82, 2.24) is 15.1 Å². The van der Waals surface area contributed by atoms with E-state index < -0.39 is 0 Å². The van der Waals surface area contributed by atoms with Crippen LogP contribution in [0.4, 0.5) is 0 Å². The molecule has 1 aromatic carbocycles. The first-order chi connectivity index (χ1) is 8.68. The van der Waals surface area contributed by atoms with Crippen molar-refractivity contribution in [3.63, 3.8) is 0 Å². The summed E-state index contributed by atoms with van der Waals surface area (Å²) in [5.74, 6) is 0. The molecule has 1 heterocycles. The molecule has 3 nitrogen and oxygen atoms in total. The van der Waals surface area contributed by atoms with Crippen LogP contribution in [0.25, 0.3) is 0 Å². The Balaban J connectivity index is 1.92. The van der Waals surface area contributed by atoms with Crippen LogP contribution in [0.1, 0.15) is 31.0 Å². The van der Waals surface area contributed by atoms with E-state index in [1.54, 1.807) is 0 Å². The minimum absolute atomic E-state index is 0.351. The van der Waals surface area contributed by atoms with E-state index in [1.165, 1.54) is 11.1 Å². The number of nitrogens with one attached hydrogen (secondary N) is 1. The topological polar surface area (TPSA) is 29.9 Å². The Hall–Kier alpha value is -1.61. The van der Waals surface area contributed by atoms with E-state index in [2.05, 4.69) is 55.5 Å². The Morgan fingerprint density at radius 2 is 2.00 bits per heavy atom. The average molecular weight is 243 g/mol. The lowest BCUT2D eigenvalue weighted by Gasteiger charge is -2.22. The van der Waals surface area contributed by atoms with Crippen molar-refractivity contribution >= 4 is 0 Å². The summed E-state index contributed by atoms with van der Waals surface area (Å²) >= 11 is 0. The van der Waals surface area contributed by atoms with Crippen LogP contribution in [0, 0.1) is 6.92 Å². The summed E-state index contributed by atoms with van der Waals surface area (Å²) in [5.41, 5.74) is 2.70. The summed E-state index contributed by atoms with van der Waals surface area (Å²) in [4.78, 5) is 0. The lowest BCUT2D eigenvalue weighted by Crippen LogP contribution is -2.33. The largest absolute Gasteiger partial charge is 0.308 e. The second kappa shape index (κ2) is 5.83. The van der Waals surface area contributed by atoms with Crippen LogP contribution in [0.2, 0.25) is 0 Å². The normalized spacial score (nSPS) is 14.4. The predicted molar refractivity (Wildman–Crippen MR) is 74.4 cm³/mol. The Bertz CT molecular complexity index is 476. The van der Waals surface area contributed by atoms with Gasteiger partial charge in [0.05, 0.1) is 6.04 Å². The van der Waals surface area contributed by atoms with Gasteiger partial charge in [0.1, 0.15) is 0 Å². The summed E-state index contributed by atoms with van der Waals surface area (Å²) in [6, 6.07) is 11.2. The van der Waals surface area contributed by atoms with Gasteiger partial charge in [0.15, 0.2) is 0 Å². The summed E-state index contributed by atoms with van der Waals surface area (Å²) in [7, 11) is 0. The molecule has 0 aliphatic rings. The molecule has 0 spiro atoms. The van der Waals surface area contributed by atoms with Crippen molar-refractivity contribution < 1.29 is 0 Å². The zero-order valence-corrected chi connectivity index (χ0v) is 11.3. The van der Waals surface area contributed by atoms with Crippen molar-refractivity contribution in [3.05, 3.63) is 53.9 Å². The number of aryl methyl sites for hydroxylation is 1. The highest BCUT2D eigenvalue weighted by molar-refractivity contribution is 5.25. The van der Waals surface area contributed by atoms with Gasteiger partial charge in [0, 0.05) is 25.0 Å². The summed E-state index contributed by atoms with van der Waals surface area (Å²) in [6.07, 6.45) is 3.83. The van der Waals surface area contributed by atoms with Gasteiger partial charge in [-0.25, -0.2) is 0 Å². The minimum atomic E-state index is 0.351. The van der Waals surface area contributed by atoms with Crippen molar-refractivity contribution in [2.45, 2.75) is 39.4 Å². The molecule has 0 bridgehead atoms. The second-order valence-corrected chi connectivity index (χ2v) is 4.82. The monoisotopic (exact) mass is 243 g/mol. The molecule has 0 radical (unpaired) electrons. The number of hydrogen-bond donors (Lipinski definition) is 1. The molecule has 0 saturated heterocycles. The average Bonchev–Trinajstić information content (AvgIpc) is 2.90. The zero-order chi connectivity index (χ0) is 13.0. The zero-order valence-electron chi connectivity index (χ0n) is 11.3. The summed E-state index contributed by atoms with van der Waals surface area (Å²) in [6.45, 7) is 7.44. The van der Waals surface area contributed by atoms with Gasteiger partial charge in [-0.2, -0.15) is 5.10 Å². The van der Waals surface area contributed by atoms with Crippen LogP contribution in [-0.2, 0) is 6.54 Å². The highest BCUT2D eigenvalue weighted by Crippen LogP contribution is 2.11. The minimum Gasteiger partial charge on any atom is -0.308 e. The van der Waals surface area contributed by atoms with Crippen LogP contribution in [0.15, 0.2) is 42.7 Å². The maximum absolute atomic E-state index is 4.29. The Morgan fingerprint density at radius 1 is 1.22 bits per heavy atom.